The summed E-state index contributed by atoms with van der Waals surface area (Å²) in [5.41, 5.74) is 0.907. The van der Waals surface area contributed by atoms with Gasteiger partial charge in [-0.05, 0) is 56.3 Å². The van der Waals surface area contributed by atoms with Crippen LogP contribution in [0.25, 0.3) is 0 Å². The van der Waals surface area contributed by atoms with Crippen molar-refractivity contribution in [1.29, 1.82) is 0 Å². The largest absolute Gasteiger partial charge is 0.493 e. The van der Waals surface area contributed by atoms with E-state index in [4.69, 9.17) is 9.47 Å². The summed E-state index contributed by atoms with van der Waals surface area (Å²) in [5, 5.41) is 0. The summed E-state index contributed by atoms with van der Waals surface area (Å²) in [6.07, 6.45) is 0. The van der Waals surface area contributed by atoms with E-state index in [1.54, 1.807) is 42.5 Å². The van der Waals surface area contributed by atoms with Crippen molar-refractivity contribution in [3.63, 3.8) is 0 Å². The van der Waals surface area contributed by atoms with E-state index >= 15 is 0 Å². The summed E-state index contributed by atoms with van der Waals surface area (Å²) < 4.78 is 11.5. The third-order valence-corrected chi connectivity index (χ3v) is 3.43. The predicted octanol–water partition coefficient (Wildman–Crippen LogP) is 4.27. The monoisotopic (exact) mass is 362 g/mol. The van der Waals surface area contributed by atoms with Crippen LogP contribution in [-0.4, -0.2) is 18.4 Å². The number of Topliss-reactive ketones (excluding diaryl/α,β-unsaturated/α-hetero) is 1. The first kappa shape index (κ1) is 16.2. The van der Waals surface area contributed by atoms with E-state index in [-0.39, 0.29) is 5.78 Å². The van der Waals surface area contributed by atoms with Crippen LogP contribution in [0.1, 0.15) is 34.6 Å². The number of carbonyl (C=O) groups excluding carboxylic acids is 2. The normalized spacial score (nSPS) is 10.1. The van der Waals surface area contributed by atoms with Gasteiger partial charge in [-0.25, -0.2) is 4.79 Å². The Hall–Kier alpha value is -2.14. The average molecular weight is 363 g/mol. The smallest absolute Gasteiger partial charge is 0.347 e. The number of benzene rings is 2. The lowest BCUT2D eigenvalue weighted by Crippen LogP contribution is -2.11. The van der Waals surface area contributed by atoms with Gasteiger partial charge in [0, 0.05) is 10.0 Å². The molecule has 2 aromatic carbocycles. The topological polar surface area (TPSA) is 52.6 Å². The van der Waals surface area contributed by atoms with E-state index < -0.39 is 5.97 Å². The van der Waals surface area contributed by atoms with Gasteiger partial charge in [0.15, 0.2) is 5.78 Å². The van der Waals surface area contributed by atoms with Gasteiger partial charge in [0.2, 0.25) is 0 Å². The molecule has 114 valence electrons. The van der Waals surface area contributed by atoms with Gasteiger partial charge in [-0.15, -0.1) is 0 Å². The number of hydrogen-bond acceptors (Lipinski definition) is 4. The first-order valence-corrected chi connectivity index (χ1v) is 7.56. The van der Waals surface area contributed by atoms with E-state index in [9.17, 15) is 9.59 Å². The van der Waals surface area contributed by atoms with Crippen LogP contribution in [0.15, 0.2) is 46.9 Å². The molecule has 4 nitrogen and oxygen atoms in total. The summed E-state index contributed by atoms with van der Waals surface area (Å²) >= 11 is 3.33. The highest BCUT2D eigenvalue weighted by Gasteiger charge is 2.15. The van der Waals surface area contributed by atoms with Gasteiger partial charge in [-0.3, -0.25) is 4.79 Å². The Morgan fingerprint density at radius 2 is 1.77 bits per heavy atom. The number of ether oxygens (including phenoxy) is 2. The zero-order valence-corrected chi connectivity index (χ0v) is 13.8. The molecule has 0 fully saturated rings. The Morgan fingerprint density at radius 1 is 1.09 bits per heavy atom. The lowest BCUT2D eigenvalue weighted by Gasteiger charge is -2.10. The maximum atomic E-state index is 12.3. The molecule has 0 unspecified atom stereocenters. The van der Waals surface area contributed by atoms with Gasteiger partial charge in [-0.1, -0.05) is 15.9 Å². The Balaban J connectivity index is 2.21. The molecule has 0 atom stereocenters. The van der Waals surface area contributed by atoms with Crippen molar-refractivity contribution in [1.82, 2.24) is 0 Å². The van der Waals surface area contributed by atoms with Crippen molar-refractivity contribution >= 4 is 27.7 Å². The van der Waals surface area contributed by atoms with E-state index in [1.807, 2.05) is 6.92 Å². The van der Waals surface area contributed by atoms with Gasteiger partial charge in [0.25, 0.3) is 0 Å². The second-order valence-electron chi connectivity index (χ2n) is 4.54. The second-order valence-corrected chi connectivity index (χ2v) is 5.46. The second kappa shape index (κ2) is 7.22. The predicted molar refractivity (Wildman–Crippen MR) is 86.7 cm³/mol. The van der Waals surface area contributed by atoms with Crippen molar-refractivity contribution in [3.8, 4) is 11.5 Å². The van der Waals surface area contributed by atoms with E-state index in [0.29, 0.717) is 29.2 Å². The molecule has 22 heavy (non-hydrogen) atoms. The minimum absolute atomic E-state index is 0.0384. The van der Waals surface area contributed by atoms with Crippen LogP contribution in [0.2, 0.25) is 0 Å². The molecule has 0 spiro atoms. The summed E-state index contributed by atoms with van der Waals surface area (Å²) in [4.78, 5) is 23.5. The lowest BCUT2D eigenvalue weighted by molar-refractivity contribution is 0.0730. The van der Waals surface area contributed by atoms with Gasteiger partial charge in [-0.2, -0.15) is 0 Å². The third kappa shape index (κ3) is 3.95. The van der Waals surface area contributed by atoms with Crippen molar-refractivity contribution in [3.05, 3.63) is 58.1 Å². The van der Waals surface area contributed by atoms with Gasteiger partial charge >= 0.3 is 5.97 Å². The fourth-order valence-corrected chi connectivity index (χ4v) is 2.22. The van der Waals surface area contributed by atoms with Crippen molar-refractivity contribution in [2.75, 3.05) is 6.61 Å². The Morgan fingerprint density at radius 3 is 2.36 bits per heavy atom. The Labute approximate surface area is 137 Å². The maximum absolute atomic E-state index is 12.3. The van der Waals surface area contributed by atoms with Crippen LogP contribution >= 0.6 is 15.9 Å². The van der Waals surface area contributed by atoms with Crippen LogP contribution < -0.4 is 9.47 Å². The molecule has 2 aromatic rings. The Kier molecular flexibility index (Phi) is 5.33. The van der Waals surface area contributed by atoms with Crippen LogP contribution in [0.5, 0.6) is 11.5 Å². The minimum Gasteiger partial charge on any atom is -0.493 e. The number of ketones is 1. The summed E-state index contributed by atoms with van der Waals surface area (Å²) in [6.45, 7) is 3.78. The highest BCUT2D eigenvalue weighted by Crippen LogP contribution is 2.25. The van der Waals surface area contributed by atoms with Crippen LogP contribution in [0.4, 0.5) is 0 Å². The third-order valence-electron chi connectivity index (χ3n) is 2.93. The highest BCUT2D eigenvalue weighted by molar-refractivity contribution is 9.10. The number of hydrogen-bond donors (Lipinski definition) is 0. The number of halogens is 1. The van der Waals surface area contributed by atoms with E-state index in [0.717, 1.165) is 4.47 Å². The molecule has 0 saturated carbocycles. The van der Waals surface area contributed by atoms with Gasteiger partial charge < -0.3 is 9.47 Å². The SMILES string of the molecule is CCOc1ccc(Br)cc1C(=O)Oc1ccc(C(C)=O)cc1. The molecule has 0 bridgehead atoms. The molecule has 0 N–H and O–H groups in total. The Bertz CT molecular complexity index is 692. The molecular weight excluding hydrogens is 348 g/mol. The molecule has 0 saturated heterocycles. The number of esters is 1. The molecule has 0 aliphatic carbocycles. The fourth-order valence-electron chi connectivity index (χ4n) is 1.86. The molecule has 0 radical (unpaired) electrons. The molecule has 0 aliphatic rings. The number of carbonyl (C=O) groups is 2. The zero-order chi connectivity index (χ0) is 16.1. The highest BCUT2D eigenvalue weighted by atomic mass is 79.9. The quantitative estimate of drug-likeness (QED) is 0.452. The van der Waals surface area contributed by atoms with Crippen LogP contribution in [0.3, 0.4) is 0 Å². The van der Waals surface area contributed by atoms with Crippen molar-refractivity contribution in [2.45, 2.75) is 13.8 Å². The summed E-state index contributed by atoms with van der Waals surface area (Å²) in [7, 11) is 0. The number of rotatable bonds is 5. The summed E-state index contributed by atoms with van der Waals surface area (Å²) in [5.74, 6) is 0.289. The molecule has 0 aromatic heterocycles. The van der Waals surface area contributed by atoms with Gasteiger partial charge in [0.05, 0.1) is 6.61 Å². The molecule has 0 heterocycles. The summed E-state index contributed by atoms with van der Waals surface area (Å²) in [6, 6.07) is 11.6. The molecule has 0 amide bonds. The zero-order valence-electron chi connectivity index (χ0n) is 12.3. The molecular formula is C17H15BrO4. The van der Waals surface area contributed by atoms with Crippen LogP contribution in [-0.2, 0) is 0 Å². The first-order chi connectivity index (χ1) is 10.5. The van der Waals surface area contributed by atoms with Gasteiger partial charge in [0.1, 0.15) is 17.1 Å². The van der Waals surface area contributed by atoms with Crippen LogP contribution in [0, 0.1) is 0 Å². The lowest BCUT2D eigenvalue weighted by atomic mass is 10.1. The average Bonchev–Trinajstić information content (AvgIpc) is 2.49. The van der Waals surface area contributed by atoms with Crippen molar-refractivity contribution < 1.29 is 19.1 Å². The molecule has 5 heteroatoms. The fraction of sp³-hybridized carbons (Fsp3) is 0.176. The molecule has 0 aliphatic heterocycles. The molecule has 2 rings (SSSR count). The maximum Gasteiger partial charge on any atom is 0.347 e. The van der Waals surface area contributed by atoms with E-state index in [1.165, 1.54) is 6.92 Å². The standard InChI is InChI=1S/C17H15BrO4/c1-3-21-16-9-6-13(18)10-15(16)17(20)22-14-7-4-12(5-8-14)11(2)19/h4-10H,3H2,1-2H3. The minimum atomic E-state index is -0.514. The first-order valence-electron chi connectivity index (χ1n) is 6.76. The van der Waals surface area contributed by atoms with E-state index in [2.05, 4.69) is 15.9 Å². The van der Waals surface area contributed by atoms with Crippen molar-refractivity contribution in [2.24, 2.45) is 0 Å².